The van der Waals surface area contributed by atoms with Gasteiger partial charge in [0.2, 0.25) is 11.8 Å². The van der Waals surface area contributed by atoms with Crippen molar-refractivity contribution in [1.29, 1.82) is 0 Å². The molecule has 8 aliphatic rings. The Bertz CT molecular complexity index is 1970. The summed E-state index contributed by atoms with van der Waals surface area (Å²) >= 11 is 0. The lowest BCUT2D eigenvalue weighted by atomic mass is 9.40. The van der Waals surface area contributed by atoms with Crippen LogP contribution in [0.5, 0.6) is 0 Å². The third kappa shape index (κ3) is 5.66. The number of aromatic nitrogens is 4. The molecule has 4 bridgehead atoms. The Kier molecular flexibility index (Phi) is 8.35. The predicted molar refractivity (Wildman–Crippen MR) is 161 cm³/mol. The van der Waals surface area contributed by atoms with E-state index in [0.717, 1.165) is 0 Å². The molecular formula is C34H34F14N4O4. The standard InChI is InChI=1S/C18H19F7N2O2.C16H15F7N2O2/c1-3-29-13(28)11-10(18(23,24)25)12(15-4-9(5-15)17(15,21)22)26-27(11)8-14(2)6-16(19,20)7-14;1-12(4-14(17,18)5-12)6-25-9(11(26)27)8(16(21,22)23)10(24-25)13-2-7(3-13)15(13,19)20/h9H,3-8H2,1-2H3;7H,2-6H2,1H3,(H,26,27). The number of carboxylic acids is 1. The van der Waals surface area contributed by atoms with E-state index in [0.29, 0.717) is 9.36 Å². The van der Waals surface area contributed by atoms with Gasteiger partial charge >= 0.3 is 24.3 Å². The molecule has 22 heteroatoms. The van der Waals surface area contributed by atoms with Crippen molar-refractivity contribution in [1.82, 2.24) is 19.6 Å². The average Bonchev–Trinajstić information content (AvgIpc) is 3.48. The van der Waals surface area contributed by atoms with Crippen molar-refractivity contribution < 1.29 is 80.9 Å². The maximum atomic E-state index is 14.3. The van der Waals surface area contributed by atoms with Crippen LogP contribution in [-0.2, 0) is 41.0 Å². The van der Waals surface area contributed by atoms with Crippen LogP contribution in [-0.4, -0.2) is 66.9 Å². The summed E-state index contributed by atoms with van der Waals surface area (Å²) in [5, 5.41) is 16.7. The van der Waals surface area contributed by atoms with Crippen molar-refractivity contribution in [3.05, 3.63) is 33.9 Å². The second-order valence-corrected chi connectivity index (χ2v) is 17.1. The molecule has 0 saturated heterocycles. The molecule has 0 aliphatic heterocycles. The van der Waals surface area contributed by atoms with Gasteiger partial charge in [-0.3, -0.25) is 9.36 Å². The molecule has 0 unspecified atom stereocenters. The van der Waals surface area contributed by atoms with Gasteiger partial charge in [0.15, 0.2) is 11.4 Å². The second-order valence-electron chi connectivity index (χ2n) is 17.1. The van der Waals surface area contributed by atoms with Gasteiger partial charge in [0.1, 0.15) is 11.1 Å². The van der Waals surface area contributed by atoms with Crippen molar-refractivity contribution in [3.63, 3.8) is 0 Å². The number of carboxylic acid groups (broad SMARTS) is 1. The van der Waals surface area contributed by atoms with Crippen molar-refractivity contribution in [2.45, 2.75) is 132 Å². The lowest BCUT2D eigenvalue weighted by molar-refractivity contribution is -0.306. The summed E-state index contributed by atoms with van der Waals surface area (Å²) in [6, 6.07) is 0. The molecule has 8 aliphatic carbocycles. The number of halogens is 14. The second kappa shape index (κ2) is 11.5. The van der Waals surface area contributed by atoms with E-state index in [1.807, 2.05) is 0 Å². The van der Waals surface area contributed by atoms with Crippen LogP contribution in [0.3, 0.4) is 0 Å². The number of hydrogen-bond donors (Lipinski definition) is 1. The van der Waals surface area contributed by atoms with Gasteiger partial charge in [0.05, 0.1) is 28.8 Å². The normalized spacial score (nSPS) is 31.4. The summed E-state index contributed by atoms with van der Waals surface area (Å²) < 4.78 is 198. The number of ether oxygens (including phenoxy) is 1. The summed E-state index contributed by atoms with van der Waals surface area (Å²) in [7, 11) is 0. The molecule has 8 saturated carbocycles. The molecule has 8 fully saturated rings. The van der Waals surface area contributed by atoms with E-state index in [9.17, 15) is 76.2 Å². The van der Waals surface area contributed by atoms with Crippen molar-refractivity contribution in [3.8, 4) is 0 Å². The minimum absolute atomic E-state index is 0.155. The Morgan fingerprint density at radius 2 is 1.02 bits per heavy atom. The van der Waals surface area contributed by atoms with Crippen LogP contribution >= 0.6 is 0 Å². The lowest BCUT2D eigenvalue weighted by Gasteiger charge is -2.66. The number of aromatic carboxylic acids is 1. The van der Waals surface area contributed by atoms with E-state index < -0.39 is 154 Å². The zero-order chi connectivity index (χ0) is 41.8. The largest absolute Gasteiger partial charge is 0.477 e. The first-order valence-corrected chi connectivity index (χ1v) is 17.6. The summed E-state index contributed by atoms with van der Waals surface area (Å²) in [5.74, 6) is -18.0. The van der Waals surface area contributed by atoms with Crippen LogP contribution < -0.4 is 0 Å². The fraction of sp³-hybridized carbons (Fsp3) is 0.765. The number of nitrogens with zero attached hydrogens (tertiary/aromatic N) is 4. The molecule has 10 rings (SSSR count). The fourth-order valence-corrected chi connectivity index (χ4v) is 9.90. The van der Waals surface area contributed by atoms with Crippen molar-refractivity contribution in [2.24, 2.45) is 22.7 Å². The van der Waals surface area contributed by atoms with E-state index in [1.165, 1.54) is 20.8 Å². The number of carbonyl (C=O) groups is 2. The first-order chi connectivity index (χ1) is 25.3. The zero-order valence-corrected chi connectivity index (χ0v) is 29.7. The molecule has 0 amide bonds. The van der Waals surface area contributed by atoms with Crippen LogP contribution in [0.25, 0.3) is 0 Å². The number of hydrogen-bond acceptors (Lipinski definition) is 5. The molecule has 312 valence electrons. The summed E-state index contributed by atoms with van der Waals surface area (Å²) in [5.41, 5.74) is -13.8. The van der Waals surface area contributed by atoms with E-state index >= 15 is 0 Å². The first kappa shape index (κ1) is 40.6. The monoisotopic (exact) mass is 828 g/mol. The smallest absolute Gasteiger partial charge is 0.420 e. The van der Waals surface area contributed by atoms with Gasteiger partial charge in [-0.2, -0.15) is 36.5 Å². The third-order valence-electron chi connectivity index (χ3n) is 12.5. The number of alkyl halides is 14. The Hall–Kier alpha value is -3.62. The molecule has 1 N–H and O–H groups in total. The number of rotatable bonds is 9. The van der Waals surface area contributed by atoms with E-state index in [1.54, 1.807) is 0 Å². The highest BCUT2D eigenvalue weighted by Gasteiger charge is 2.83. The minimum atomic E-state index is -5.21. The van der Waals surface area contributed by atoms with Crippen LogP contribution in [0, 0.1) is 22.7 Å². The molecule has 8 nitrogen and oxygen atoms in total. The summed E-state index contributed by atoms with van der Waals surface area (Å²) in [4.78, 5) is 23.9. The predicted octanol–water partition coefficient (Wildman–Crippen LogP) is 9.14. The first-order valence-electron chi connectivity index (χ1n) is 17.6. The Labute approximate surface area is 307 Å². The summed E-state index contributed by atoms with van der Waals surface area (Å²) in [6.45, 7) is 3.01. The maximum Gasteiger partial charge on any atom is 0.420 e. The highest BCUT2D eigenvalue weighted by atomic mass is 19.4. The molecule has 2 aromatic rings. The molecule has 2 heterocycles. The molecule has 0 aromatic carbocycles. The van der Waals surface area contributed by atoms with Crippen molar-refractivity contribution >= 4 is 11.9 Å². The minimum Gasteiger partial charge on any atom is -0.477 e. The molecule has 0 atom stereocenters. The van der Waals surface area contributed by atoms with E-state index in [4.69, 9.17) is 4.74 Å². The Morgan fingerprint density at radius 3 is 1.27 bits per heavy atom. The molecule has 2 aromatic heterocycles. The zero-order valence-electron chi connectivity index (χ0n) is 29.7. The van der Waals surface area contributed by atoms with E-state index in [-0.39, 0.29) is 32.3 Å². The lowest BCUT2D eigenvalue weighted by Crippen LogP contribution is -2.74. The SMILES string of the molecule is CC1(Cn2nc(C34CC(C3)C4(F)F)c(C(F)(F)F)c2C(=O)O)CC(F)(F)C1.CCOC(=O)c1c(C(F)(F)F)c(C23CC(C2)C3(F)F)nn1CC1(C)CC(F)(F)C1. The van der Waals surface area contributed by atoms with Gasteiger partial charge < -0.3 is 9.84 Å². The number of esters is 1. The van der Waals surface area contributed by atoms with Crippen LogP contribution in [0.15, 0.2) is 0 Å². The molecule has 0 radical (unpaired) electrons. The topological polar surface area (TPSA) is 99.2 Å². The molecule has 0 spiro atoms. The summed E-state index contributed by atoms with van der Waals surface area (Å²) in [6.07, 6.45) is -13.5. The fourth-order valence-electron chi connectivity index (χ4n) is 9.90. The van der Waals surface area contributed by atoms with Gasteiger partial charge in [-0.15, -0.1) is 0 Å². The highest BCUT2D eigenvalue weighted by molar-refractivity contribution is 5.90. The number of carbonyl (C=O) groups excluding carboxylic acids is 1. The quantitative estimate of drug-likeness (QED) is 0.200. The van der Waals surface area contributed by atoms with Crippen LogP contribution in [0.2, 0.25) is 0 Å². The van der Waals surface area contributed by atoms with Gasteiger partial charge in [-0.25, -0.2) is 44.7 Å². The third-order valence-corrected chi connectivity index (χ3v) is 12.5. The van der Waals surface area contributed by atoms with E-state index in [2.05, 4.69) is 10.2 Å². The molecule has 56 heavy (non-hydrogen) atoms. The van der Waals surface area contributed by atoms with Gasteiger partial charge in [-0.05, 0) is 43.4 Å². The Morgan fingerprint density at radius 1 is 0.679 bits per heavy atom. The van der Waals surface area contributed by atoms with Gasteiger partial charge in [-0.1, -0.05) is 13.8 Å². The Balaban J connectivity index is 0.000000172. The van der Waals surface area contributed by atoms with Crippen LogP contribution in [0.4, 0.5) is 61.5 Å². The van der Waals surface area contributed by atoms with Crippen LogP contribution in [0.1, 0.15) is 116 Å². The average molecular weight is 829 g/mol. The molecular weight excluding hydrogens is 794 g/mol. The highest BCUT2D eigenvalue weighted by Crippen LogP contribution is 2.76. The van der Waals surface area contributed by atoms with Crippen molar-refractivity contribution in [2.75, 3.05) is 6.61 Å². The van der Waals surface area contributed by atoms with Gasteiger partial charge in [0, 0.05) is 50.6 Å². The maximum absolute atomic E-state index is 14.3. The van der Waals surface area contributed by atoms with Gasteiger partial charge in [0.25, 0.3) is 11.8 Å².